The number of esters is 1. The zero-order chi connectivity index (χ0) is 14.3. The van der Waals surface area contributed by atoms with E-state index in [1.54, 1.807) is 18.2 Å². The summed E-state index contributed by atoms with van der Waals surface area (Å²) in [6, 6.07) is 5.23. The first kappa shape index (κ1) is 13.0. The Morgan fingerprint density at radius 3 is 2.75 bits per heavy atom. The fourth-order valence-electron chi connectivity index (χ4n) is 3.05. The van der Waals surface area contributed by atoms with Gasteiger partial charge in [0.15, 0.2) is 0 Å². The fourth-order valence-corrected chi connectivity index (χ4v) is 3.05. The van der Waals surface area contributed by atoms with Crippen LogP contribution in [0.1, 0.15) is 29.6 Å². The molecule has 5 heteroatoms. The molecule has 0 radical (unpaired) electrons. The van der Waals surface area contributed by atoms with E-state index in [9.17, 15) is 9.59 Å². The van der Waals surface area contributed by atoms with Gasteiger partial charge in [-0.3, -0.25) is 4.79 Å². The molecule has 1 fully saturated rings. The van der Waals surface area contributed by atoms with Gasteiger partial charge in [0, 0.05) is 13.6 Å². The van der Waals surface area contributed by atoms with Gasteiger partial charge in [-0.1, -0.05) is 6.42 Å². The highest BCUT2D eigenvalue weighted by molar-refractivity contribution is 6.02. The smallest absolute Gasteiger partial charge is 0.337 e. The minimum absolute atomic E-state index is 0.0974. The third-order valence-electron chi connectivity index (χ3n) is 4.41. The molecule has 20 heavy (non-hydrogen) atoms. The number of hydrogen-bond donors (Lipinski definition) is 1. The van der Waals surface area contributed by atoms with Gasteiger partial charge in [-0.25, -0.2) is 4.79 Å². The molecule has 1 saturated carbocycles. The average Bonchev–Trinajstić information content (AvgIpc) is 2.52. The Morgan fingerprint density at radius 2 is 2.15 bits per heavy atom. The number of rotatable bonds is 1. The van der Waals surface area contributed by atoms with Gasteiger partial charge in [0.2, 0.25) is 5.91 Å². The molecule has 1 spiro atoms. The number of fused-ring (bicyclic) bond motifs is 1. The average molecular weight is 274 g/mol. The number of amides is 1. The van der Waals surface area contributed by atoms with Gasteiger partial charge < -0.3 is 15.0 Å². The first-order chi connectivity index (χ1) is 9.55. The third-order valence-corrected chi connectivity index (χ3v) is 4.41. The highest BCUT2D eigenvalue weighted by Gasteiger charge is 2.46. The lowest BCUT2D eigenvalue weighted by Gasteiger charge is -2.41. The molecule has 1 aromatic rings. The second-order valence-corrected chi connectivity index (χ2v) is 5.67. The van der Waals surface area contributed by atoms with Crippen LogP contribution in [-0.2, 0) is 9.53 Å². The predicted octanol–water partition coefficient (Wildman–Crippen LogP) is 2.03. The summed E-state index contributed by atoms with van der Waals surface area (Å²) in [4.78, 5) is 26.0. The van der Waals surface area contributed by atoms with Crippen LogP contribution in [0.4, 0.5) is 11.4 Å². The summed E-state index contributed by atoms with van der Waals surface area (Å²) in [5.74, 6) is -0.268. The molecule has 1 N–H and O–H groups in total. The summed E-state index contributed by atoms with van der Waals surface area (Å²) in [6.45, 7) is 0.691. The molecule has 1 aliphatic carbocycles. The SMILES string of the molecule is COC(=O)c1ccc2c(c1)N(C)CC1(CCC1)C(=O)N2. The summed E-state index contributed by atoms with van der Waals surface area (Å²) < 4.78 is 4.74. The maximum Gasteiger partial charge on any atom is 0.337 e. The summed E-state index contributed by atoms with van der Waals surface area (Å²) >= 11 is 0. The largest absolute Gasteiger partial charge is 0.465 e. The van der Waals surface area contributed by atoms with Crippen LogP contribution in [0.15, 0.2) is 18.2 Å². The number of anilines is 2. The van der Waals surface area contributed by atoms with Gasteiger partial charge in [0.05, 0.1) is 29.5 Å². The number of nitrogens with one attached hydrogen (secondary N) is 1. The minimum Gasteiger partial charge on any atom is -0.465 e. The van der Waals surface area contributed by atoms with Crippen molar-refractivity contribution >= 4 is 23.3 Å². The molecule has 5 nitrogen and oxygen atoms in total. The standard InChI is InChI=1S/C15H18N2O3/c1-17-9-15(6-3-7-15)14(19)16-11-5-4-10(8-12(11)17)13(18)20-2/h4-5,8H,3,6-7,9H2,1-2H3,(H,16,19). The van der Waals surface area contributed by atoms with E-state index in [0.717, 1.165) is 30.6 Å². The van der Waals surface area contributed by atoms with E-state index in [2.05, 4.69) is 10.2 Å². The van der Waals surface area contributed by atoms with Gasteiger partial charge in [0.1, 0.15) is 0 Å². The predicted molar refractivity (Wildman–Crippen MR) is 76.0 cm³/mol. The lowest BCUT2D eigenvalue weighted by Crippen LogP contribution is -2.47. The lowest BCUT2D eigenvalue weighted by molar-refractivity contribution is -0.129. The fraction of sp³-hybridized carbons (Fsp3) is 0.467. The number of carbonyl (C=O) groups excluding carboxylic acids is 2. The van der Waals surface area contributed by atoms with E-state index in [1.165, 1.54) is 7.11 Å². The van der Waals surface area contributed by atoms with Crippen molar-refractivity contribution in [1.29, 1.82) is 0 Å². The van der Waals surface area contributed by atoms with Crippen LogP contribution in [0.5, 0.6) is 0 Å². The summed E-state index contributed by atoms with van der Waals surface area (Å²) in [6.07, 6.45) is 2.97. The Kier molecular flexibility index (Phi) is 2.92. The molecule has 1 aromatic carbocycles. The van der Waals surface area contributed by atoms with Crippen molar-refractivity contribution in [2.24, 2.45) is 5.41 Å². The number of hydrogen-bond acceptors (Lipinski definition) is 4. The van der Waals surface area contributed by atoms with Crippen molar-refractivity contribution in [3.63, 3.8) is 0 Å². The summed E-state index contributed by atoms with van der Waals surface area (Å²) in [7, 11) is 3.32. The van der Waals surface area contributed by atoms with E-state index >= 15 is 0 Å². The van der Waals surface area contributed by atoms with Gasteiger partial charge >= 0.3 is 5.97 Å². The van der Waals surface area contributed by atoms with Gasteiger partial charge in [-0.15, -0.1) is 0 Å². The molecule has 106 valence electrons. The Hall–Kier alpha value is -2.04. The Labute approximate surface area is 117 Å². The van der Waals surface area contributed by atoms with Crippen molar-refractivity contribution in [1.82, 2.24) is 0 Å². The van der Waals surface area contributed by atoms with Crippen LogP contribution in [0.3, 0.4) is 0 Å². The molecule has 1 heterocycles. The van der Waals surface area contributed by atoms with Crippen molar-refractivity contribution in [3.05, 3.63) is 23.8 Å². The third kappa shape index (κ3) is 1.85. The van der Waals surface area contributed by atoms with Crippen LogP contribution >= 0.6 is 0 Å². The van der Waals surface area contributed by atoms with Gasteiger partial charge in [-0.2, -0.15) is 0 Å². The minimum atomic E-state index is -0.366. The highest BCUT2D eigenvalue weighted by Crippen LogP contribution is 2.46. The van der Waals surface area contributed by atoms with Crippen molar-refractivity contribution in [2.45, 2.75) is 19.3 Å². The van der Waals surface area contributed by atoms with E-state index in [-0.39, 0.29) is 17.3 Å². The normalized spacial score (nSPS) is 19.7. The lowest BCUT2D eigenvalue weighted by atomic mass is 9.68. The van der Waals surface area contributed by atoms with Crippen LogP contribution in [0, 0.1) is 5.41 Å². The molecule has 0 unspecified atom stereocenters. The summed E-state index contributed by atoms with van der Waals surface area (Å²) in [5, 5.41) is 3.00. The zero-order valence-corrected chi connectivity index (χ0v) is 11.7. The number of nitrogens with zero attached hydrogens (tertiary/aromatic N) is 1. The maximum absolute atomic E-state index is 12.4. The molecular weight excluding hydrogens is 256 g/mol. The topological polar surface area (TPSA) is 58.6 Å². The van der Waals surface area contributed by atoms with Crippen molar-refractivity contribution in [2.75, 3.05) is 30.9 Å². The van der Waals surface area contributed by atoms with Crippen molar-refractivity contribution < 1.29 is 14.3 Å². The molecule has 2 aliphatic rings. The first-order valence-corrected chi connectivity index (χ1v) is 6.81. The van der Waals surface area contributed by atoms with Crippen molar-refractivity contribution in [3.8, 4) is 0 Å². The monoisotopic (exact) mass is 274 g/mol. The molecule has 1 amide bonds. The Morgan fingerprint density at radius 1 is 1.40 bits per heavy atom. The molecule has 1 aliphatic heterocycles. The number of carbonyl (C=O) groups is 2. The number of methoxy groups -OCH3 is 1. The second kappa shape index (κ2) is 4.51. The molecule has 0 aromatic heterocycles. The van der Waals surface area contributed by atoms with Crippen LogP contribution in [0.2, 0.25) is 0 Å². The van der Waals surface area contributed by atoms with Crippen LogP contribution in [-0.4, -0.2) is 32.6 Å². The van der Waals surface area contributed by atoms with Gasteiger partial charge in [0.25, 0.3) is 0 Å². The van der Waals surface area contributed by atoms with E-state index < -0.39 is 0 Å². The molecular formula is C15H18N2O3. The van der Waals surface area contributed by atoms with E-state index in [4.69, 9.17) is 4.74 Å². The van der Waals surface area contributed by atoms with Crippen LogP contribution < -0.4 is 10.2 Å². The van der Waals surface area contributed by atoms with E-state index in [1.807, 2.05) is 7.05 Å². The first-order valence-electron chi connectivity index (χ1n) is 6.81. The van der Waals surface area contributed by atoms with Crippen LogP contribution in [0.25, 0.3) is 0 Å². The zero-order valence-electron chi connectivity index (χ0n) is 11.7. The quantitative estimate of drug-likeness (QED) is 0.796. The molecule has 0 bridgehead atoms. The number of ether oxygens (including phenoxy) is 1. The second-order valence-electron chi connectivity index (χ2n) is 5.67. The number of benzene rings is 1. The Bertz CT molecular complexity index is 578. The Balaban J connectivity index is 1.99. The molecule has 3 rings (SSSR count). The molecule has 0 saturated heterocycles. The van der Waals surface area contributed by atoms with Gasteiger partial charge in [-0.05, 0) is 31.0 Å². The highest BCUT2D eigenvalue weighted by atomic mass is 16.5. The maximum atomic E-state index is 12.4. The summed E-state index contributed by atoms with van der Waals surface area (Å²) in [5.41, 5.74) is 1.86. The van der Waals surface area contributed by atoms with E-state index in [0.29, 0.717) is 12.1 Å². The molecule has 0 atom stereocenters.